The minimum Gasteiger partial charge on any atom is -0.497 e. The van der Waals surface area contributed by atoms with Gasteiger partial charge in [0.05, 0.1) is 18.3 Å². The lowest BCUT2D eigenvalue weighted by Crippen LogP contribution is -2.19. The van der Waals surface area contributed by atoms with Crippen molar-refractivity contribution < 1.29 is 4.74 Å². The number of ether oxygens (including phenoxy) is 1. The van der Waals surface area contributed by atoms with Gasteiger partial charge in [-0.05, 0) is 43.2 Å². The SMILES string of the molecule is COc1ccc(-c2cc3nc(N4CCCC4)c4ccccc4c3nn2)cc1. The molecule has 0 radical (unpaired) electrons. The van der Waals surface area contributed by atoms with E-state index in [-0.39, 0.29) is 0 Å². The van der Waals surface area contributed by atoms with Gasteiger partial charge >= 0.3 is 0 Å². The molecule has 0 bridgehead atoms. The fraction of sp³-hybridized carbons (Fsp3) is 0.227. The molecule has 0 atom stereocenters. The summed E-state index contributed by atoms with van der Waals surface area (Å²) < 4.78 is 5.24. The molecule has 5 rings (SSSR count). The van der Waals surface area contributed by atoms with Crippen molar-refractivity contribution in [3.63, 3.8) is 0 Å². The van der Waals surface area contributed by atoms with E-state index < -0.39 is 0 Å². The Labute approximate surface area is 157 Å². The normalized spacial score (nSPS) is 14.2. The number of anilines is 1. The van der Waals surface area contributed by atoms with Crippen LogP contribution in [-0.4, -0.2) is 35.4 Å². The van der Waals surface area contributed by atoms with Gasteiger partial charge in [-0.3, -0.25) is 0 Å². The number of hydrogen-bond donors (Lipinski definition) is 0. The van der Waals surface area contributed by atoms with Gasteiger partial charge in [0.15, 0.2) is 0 Å². The summed E-state index contributed by atoms with van der Waals surface area (Å²) in [6.07, 6.45) is 2.44. The standard InChI is InChI=1S/C22H20N4O/c1-27-16-10-8-15(9-11-16)19-14-20-21(25-24-19)17-6-2-3-7-18(17)22(23-20)26-12-4-5-13-26/h2-3,6-11,14H,4-5,12-13H2,1H3. The summed E-state index contributed by atoms with van der Waals surface area (Å²) in [6, 6.07) is 18.3. The molecule has 0 unspecified atom stereocenters. The lowest BCUT2D eigenvalue weighted by atomic mass is 10.1. The van der Waals surface area contributed by atoms with Gasteiger partial charge in [-0.2, -0.15) is 0 Å². The van der Waals surface area contributed by atoms with Crippen LogP contribution >= 0.6 is 0 Å². The Kier molecular flexibility index (Phi) is 3.85. The summed E-state index contributed by atoms with van der Waals surface area (Å²) in [5.41, 5.74) is 3.56. The van der Waals surface area contributed by atoms with Crippen LogP contribution in [0.5, 0.6) is 5.75 Å². The molecule has 2 aromatic heterocycles. The summed E-state index contributed by atoms with van der Waals surface area (Å²) in [5, 5.41) is 11.3. The monoisotopic (exact) mass is 356 g/mol. The van der Waals surface area contributed by atoms with Crippen molar-refractivity contribution in [2.75, 3.05) is 25.1 Å². The molecule has 1 fully saturated rings. The molecule has 5 heteroatoms. The Balaban J connectivity index is 1.70. The Morgan fingerprint density at radius 2 is 1.63 bits per heavy atom. The second kappa shape index (κ2) is 6.50. The van der Waals surface area contributed by atoms with Crippen molar-refractivity contribution in [3.8, 4) is 17.0 Å². The number of pyridine rings is 1. The number of fused-ring (bicyclic) bond motifs is 3. The lowest BCUT2D eigenvalue weighted by Gasteiger charge is -2.19. The molecular weight excluding hydrogens is 336 g/mol. The summed E-state index contributed by atoms with van der Waals surface area (Å²) in [6.45, 7) is 2.12. The molecule has 1 aliphatic rings. The van der Waals surface area contributed by atoms with E-state index in [1.165, 1.54) is 12.8 Å². The Hall–Kier alpha value is -3.21. The van der Waals surface area contributed by atoms with Crippen LogP contribution in [0.3, 0.4) is 0 Å². The predicted octanol–water partition coefficient (Wildman–Crippen LogP) is 4.45. The van der Waals surface area contributed by atoms with Crippen LogP contribution in [0.15, 0.2) is 54.6 Å². The topological polar surface area (TPSA) is 51.1 Å². The first kappa shape index (κ1) is 16.0. The molecule has 0 saturated carbocycles. The second-order valence-electron chi connectivity index (χ2n) is 6.87. The summed E-state index contributed by atoms with van der Waals surface area (Å²) in [4.78, 5) is 7.39. The Morgan fingerprint density at radius 1 is 0.889 bits per heavy atom. The molecule has 2 aromatic carbocycles. The van der Waals surface area contributed by atoms with Crippen molar-refractivity contribution in [1.82, 2.24) is 15.2 Å². The first-order chi connectivity index (χ1) is 13.3. The quantitative estimate of drug-likeness (QED) is 0.508. The summed E-state index contributed by atoms with van der Waals surface area (Å²) >= 11 is 0. The van der Waals surface area contributed by atoms with Crippen molar-refractivity contribution in [2.24, 2.45) is 0 Å². The molecule has 1 aliphatic heterocycles. The van der Waals surface area contributed by atoms with Crippen molar-refractivity contribution >= 4 is 27.6 Å². The zero-order valence-corrected chi connectivity index (χ0v) is 15.2. The predicted molar refractivity (Wildman–Crippen MR) is 108 cm³/mol. The van der Waals surface area contributed by atoms with E-state index in [1.54, 1.807) is 7.11 Å². The number of nitrogens with zero attached hydrogens (tertiary/aromatic N) is 4. The fourth-order valence-corrected chi connectivity index (χ4v) is 3.79. The van der Waals surface area contributed by atoms with Gasteiger partial charge < -0.3 is 9.64 Å². The summed E-state index contributed by atoms with van der Waals surface area (Å²) in [5.74, 6) is 1.89. The average Bonchev–Trinajstić information content (AvgIpc) is 3.27. The molecule has 5 nitrogen and oxygen atoms in total. The number of hydrogen-bond acceptors (Lipinski definition) is 5. The molecule has 3 heterocycles. The van der Waals surface area contributed by atoms with Crippen molar-refractivity contribution in [2.45, 2.75) is 12.8 Å². The second-order valence-corrected chi connectivity index (χ2v) is 6.87. The molecule has 0 amide bonds. The molecule has 0 N–H and O–H groups in total. The third kappa shape index (κ3) is 2.76. The van der Waals surface area contributed by atoms with Gasteiger partial charge in [0.2, 0.25) is 0 Å². The number of rotatable bonds is 3. The van der Waals surface area contributed by atoms with E-state index in [0.29, 0.717) is 0 Å². The molecule has 4 aromatic rings. The Bertz CT molecular complexity index is 1120. The molecule has 134 valence electrons. The zero-order chi connectivity index (χ0) is 18.2. The highest BCUT2D eigenvalue weighted by molar-refractivity contribution is 6.08. The highest BCUT2D eigenvalue weighted by Gasteiger charge is 2.19. The molecule has 0 aliphatic carbocycles. The van der Waals surface area contributed by atoms with Gasteiger partial charge in [0.25, 0.3) is 0 Å². The van der Waals surface area contributed by atoms with Gasteiger partial charge in [-0.1, -0.05) is 24.3 Å². The van der Waals surface area contributed by atoms with E-state index in [1.807, 2.05) is 30.3 Å². The maximum absolute atomic E-state index is 5.24. The summed E-state index contributed by atoms with van der Waals surface area (Å²) in [7, 11) is 1.67. The van der Waals surface area contributed by atoms with Crippen molar-refractivity contribution in [3.05, 3.63) is 54.6 Å². The van der Waals surface area contributed by atoms with Gasteiger partial charge in [0, 0.05) is 29.4 Å². The lowest BCUT2D eigenvalue weighted by molar-refractivity contribution is 0.415. The third-order valence-electron chi connectivity index (χ3n) is 5.21. The third-order valence-corrected chi connectivity index (χ3v) is 5.21. The van der Waals surface area contributed by atoms with Crippen LogP contribution in [-0.2, 0) is 0 Å². The van der Waals surface area contributed by atoms with Crippen LogP contribution in [0.1, 0.15) is 12.8 Å². The first-order valence-electron chi connectivity index (χ1n) is 9.29. The number of benzene rings is 2. The highest BCUT2D eigenvalue weighted by Crippen LogP contribution is 2.33. The van der Waals surface area contributed by atoms with Crippen LogP contribution < -0.4 is 9.64 Å². The van der Waals surface area contributed by atoms with E-state index in [9.17, 15) is 0 Å². The fourth-order valence-electron chi connectivity index (χ4n) is 3.79. The number of methoxy groups -OCH3 is 1. The maximum atomic E-state index is 5.24. The molecular formula is C22H20N4O. The average molecular weight is 356 g/mol. The zero-order valence-electron chi connectivity index (χ0n) is 15.2. The minimum atomic E-state index is 0.820. The molecule has 1 saturated heterocycles. The van der Waals surface area contributed by atoms with E-state index in [0.717, 1.165) is 57.7 Å². The van der Waals surface area contributed by atoms with Crippen LogP contribution in [0.2, 0.25) is 0 Å². The first-order valence-corrected chi connectivity index (χ1v) is 9.29. The number of aromatic nitrogens is 3. The van der Waals surface area contributed by atoms with E-state index >= 15 is 0 Å². The van der Waals surface area contributed by atoms with E-state index in [4.69, 9.17) is 9.72 Å². The van der Waals surface area contributed by atoms with Gasteiger partial charge in [-0.15, -0.1) is 10.2 Å². The van der Waals surface area contributed by atoms with Crippen LogP contribution in [0, 0.1) is 0 Å². The van der Waals surface area contributed by atoms with Crippen LogP contribution in [0.4, 0.5) is 5.82 Å². The Morgan fingerprint density at radius 3 is 2.37 bits per heavy atom. The highest BCUT2D eigenvalue weighted by atomic mass is 16.5. The largest absolute Gasteiger partial charge is 0.497 e. The van der Waals surface area contributed by atoms with Crippen molar-refractivity contribution in [1.29, 1.82) is 0 Å². The van der Waals surface area contributed by atoms with Gasteiger partial charge in [0.1, 0.15) is 17.1 Å². The van der Waals surface area contributed by atoms with Crippen LogP contribution in [0.25, 0.3) is 33.1 Å². The molecule has 0 spiro atoms. The smallest absolute Gasteiger partial charge is 0.137 e. The van der Waals surface area contributed by atoms with Gasteiger partial charge in [-0.25, -0.2) is 4.98 Å². The van der Waals surface area contributed by atoms with E-state index in [2.05, 4.69) is 39.4 Å². The molecule has 27 heavy (non-hydrogen) atoms. The minimum absolute atomic E-state index is 0.820. The maximum Gasteiger partial charge on any atom is 0.137 e.